The van der Waals surface area contributed by atoms with Crippen molar-refractivity contribution in [3.63, 3.8) is 0 Å². The van der Waals surface area contributed by atoms with Crippen molar-refractivity contribution in [2.45, 2.75) is 219 Å². The number of esters is 2. The molecule has 0 amide bonds. The maximum Gasteiger partial charge on any atom is 0.305 e. The molecule has 8 heteroatoms. The van der Waals surface area contributed by atoms with E-state index in [0.717, 1.165) is 63.7 Å². The SMILES string of the molecule is CCCCC[C@H](O)/C=C/[C@H]1[C@H](O)CC(=O)[C@@H]1CCCCCCC(=O)OC[C@H](O)COC(=O)CCCCCCCCCCCCCCCCC(C)CC. The Hall–Kier alpha value is -1.77. The lowest BCUT2D eigenvalue weighted by atomic mass is 9.88. The third-order valence-corrected chi connectivity index (χ3v) is 10.9. The van der Waals surface area contributed by atoms with E-state index in [9.17, 15) is 29.7 Å². The Morgan fingerprint density at radius 3 is 1.65 bits per heavy atom. The molecule has 1 unspecified atom stereocenters. The fourth-order valence-corrected chi connectivity index (χ4v) is 7.19. The summed E-state index contributed by atoms with van der Waals surface area (Å²) in [5.41, 5.74) is 0. The molecular formula is C44H80O8. The van der Waals surface area contributed by atoms with Crippen molar-refractivity contribution in [1.82, 2.24) is 0 Å². The molecule has 0 spiro atoms. The van der Waals surface area contributed by atoms with Crippen molar-refractivity contribution in [3.05, 3.63) is 12.2 Å². The van der Waals surface area contributed by atoms with Gasteiger partial charge in [-0.2, -0.15) is 0 Å². The Balaban J connectivity index is 1.97. The van der Waals surface area contributed by atoms with Gasteiger partial charge < -0.3 is 24.8 Å². The molecular weight excluding hydrogens is 656 g/mol. The fraction of sp³-hybridized carbons (Fsp3) is 0.886. The predicted molar refractivity (Wildman–Crippen MR) is 211 cm³/mol. The molecule has 0 aromatic rings. The summed E-state index contributed by atoms with van der Waals surface area (Å²) in [7, 11) is 0. The van der Waals surface area contributed by atoms with Crippen molar-refractivity contribution in [2.75, 3.05) is 13.2 Å². The van der Waals surface area contributed by atoms with Gasteiger partial charge in [0, 0.05) is 31.1 Å². The number of hydrogen-bond acceptors (Lipinski definition) is 8. The molecule has 1 saturated carbocycles. The van der Waals surface area contributed by atoms with Gasteiger partial charge in [-0.05, 0) is 31.6 Å². The van der Waals surface area contributed by atoms with Crippen molar-refractivity contribution < 1.29 is 39.2 Å². The first-order chi connectivity index (χ1) is 25.2. The van der Waals surface area contributed by atoms with Crippen LogP contribution in [0.1, 0.15) is 201 Å². The topological polar surface area (TPSA) is 130 Å². The molecule has 0 aromatic carbocycles. The summed E-state index contributed by atoms with van der Waals surface area (Å²) >= 11 is 0. The van der Waals surface area contributed by atoms with E-state index in [0.29, 0.717) is 25.7 Å². The van der Waals surface area contributed by atoms with Crippen LogP contribution in [0, 0.1) is 17.8 Å². The van der Waals surface area contributed by atoms with Gasteiger partial charge in [0.15, 0.2) is 0 Å². The monoisotopic (exact) mass is 737 g/mol. The van der Waals surface area contributed by atoms with Crippen LogP contribution in [-0.4, -0.2) is 64.6 Å². The van der Waals surface area contributed by atoms with Crippen LogP contribution >= 0.6 is 0 Å². The van der Waals surface area contributed by atoms with E-state index in [4.69, 9.17) is 9.47 Å². The smallest absolute Gasteiger partial charge is 0.305 e. The van der Waals surface area contributed by atoms with Gasteiger partial charge >= 0.3 is 11.9 Å². The largest absolute Gasteiger partial charge is 0.463 e. The average Bonchev–Trinajstić information content (AvgIpc) is 3.40. The molecule has 3 N–H and O–H groups in total. The van der Waals surface area contributed by atoms with Crippen molar-refractivity contribution in [2.24, 2.45) is 17.8 Å². The van der Waals surface area contributed by atoms with Gasteiger partial charge in [-0.3, -0.25) is 14.4 Å². The Labute approximate surface area is 318 Å². The molecule has 1 fully saturated rings. The van der Waals surface area contributed by atoms with E-state index in [1.165, 1.54) is 83.5 Å². The Morgan fingerprint density at radius 2 is 1.15 bits per heavy atom. The Kier molecular flexibility index (Phi) is 30.3. The molecule has 0 saturated heterocycles. The van der Waals surface area contributed by atoms with Gasteiger partial charge in [-0.15, -0.1) is 0 Å². The molecule has 1 aliphatic carbocycles. The second-order valence-electron chi connectivity index (χ2n) is 15.8. The maximum atomic E-state index is 12.5. The van der Waals surface area contributed by atoms with Crippen LogP contribution in [-0.2, 0) is 23.9 Å². The zero-order valence-electron chi connectivity index (χ0n) is 33.7. The number of aliphatic hydroxyl groups is 3. The third-order valence-electron chi connectivity index (χ3n) is 10.9. The molecule has 52 heavy (non-hydrogen) atoms. The average molecular weight is 737 g/mol. The van der Waals surface area contributed by atoms with E-state index < -0.39 is 18.3 Å². The molecule has 1 rings (SSSR count). The first-order valence-electron chi connectivity index (χ1n) is 21.7. The van der Waals surface area contributed by atoms with Gasteiger partial charge in [-0.1, -0.05) is 168 Å². The van der Waals surface area contributed by atoms with Gasteiger partial charge in [0.1, 0.15) is 25.1 Å². The normalized spacial score (nSPS) is 19.3. The van der Waals surface area contributed by atoms with Crippen LogP contribution in [0.25, 0.3) is 0 Å². The first-order valence-corrected chi connectivity index (χ1v) is 21.7. The highest BCUT2D eigenvalue weighted by Crippen LogP contribution is 2.34. The van der Waals surface area contributed by atoms with Crippen molar-refractivity contribution >= 4 is 17.7 Å². The number of ketones is 1. The van der Waals surface area contributed by atoms with Crippen LogP contribution in [0.3, 0.4) is 0 Å². The van der Waals surface area contributed by atoms with Crippen LogP contribution in [0.15, 0.2) is 12.2 Å². The summed E-state index contributed by atoms with van der Waals surface area (Å²) in [6.07, 6.45) is 30.2. The van der Waals surface area contributed by atoms with Gasteiger partial charge in [0.25, 0.3) is 0 Å². The number of hydrogen-bond donors (Lipinski definition) is 3. The quantitative estimate of drug-likeness (QED) is 0.0333. The molecule has 8 nitrogen and oxygen atoms in total. The highest BCUT2D eigenvalue weighted by molar-refractivity contribution is 5.84. The lowest BCUT2D eigenvalue weighted by molar-refractivity contribution is -0.152. The molecule has 0 radical (unpaired) electrons. The van der Waals surface area contributed by atoms with Crippen LogP contribution in [0.2, 0.25) is 0 Å². The molecule has 0 bridgehead atoms. The number of Topliss-reactive ketones (excluding diaryl/α,β-unsaturated/α-hetero) is 1. The number of unbranched alkanes of at least 4 members (excludes halogenated alkanes) is 18. The molecule has 304 valence electrons. The van der Waals surface area contributed by atoms with E-state index in [2.05, 4.69) is 20.8 Å². The predicted octanol–water partition coefficient (Wildman–Crippen LogP) is 10.1. The first kappa shape index (κ1) is 48.2. The maximum absolute atomic E-state index is 12.5. The molecule has 6 atom stereocenters. The minimum Gasteiger partial charge on any atom is -0.463 e. The Bertz CT molecular complexity index is 920. The zero-order chi connectivity index (χ0) is 38.2. The molecule has 0 heterocycles. The lowest BCUT2D eigenvalue weighted by Gasteiger charge is -2.18. The van der Waals surface area contributed by atoms with E-state index in [-0.39, 0.29) is 55.6 Å². The highest BCUT2D eigenvalue weighted by Gasteiger charge is 2.39. The number of rotatable bonds is 35. The Morgan fingerprint density at radius 1 is 0.692 bits per heavy atom. The molecule has 0 aliphatic heterocycles. The standard InChI is InChI=1S/C44H80O8/c1-4-6-21-27-37(45)31-32-40-39(41(47)33-42(40)48)28-23-19-20-25-30-44(50)52-35-38(46)34-51-43(49)29-24-18-16-14-12-10-8-7-9-11-13-15-17-22-26-36(3)5-2/h31-32,36-40,42,45-46,48H,4-30,33-35H2,1-3H3/b32-31+/t36?,37-,38+,39+,40+,42+/m0/s1. The number of aliphatic hydroxyl groups excluding tert-OH is 3. The van der Waals surface area contributed by atoms with Crippen LogP contribution in [0.5, 0.6) is 0 Å². The number of carbonyl (C=O) groups is 3. The van der Waals surface area contributed by atoms with E-state index in [1.54, 1.807) is 6.08 Å². The van der Waals surface area contributed by atoms with Gasteiger partial charge in [0.05, 0.1) is 12.2 Å². The second kappa shape index (κ2) is 32.6. The molecule has 1 aliphatic rings. The number of ether oxygens (including phenoxy) is 2. The summed E-state index contributed by atoms with van der Waals surface area (Å²) in [4.78, 5) is 36.6. The molecule has 0 aromatic heterocycles. The van der Waals surface area contributed by atoms with E-state index in [1.807, 2.05) is 6.08 Å². The van der Waals surface area contributed by atoms with Crippen LogP contribution in [0.4, 0.5) is 0 Å². The third kappa shape index (κ3) is 26.1. The van der Waals surface area contributed by atoms with Gasteiger partial charge in [-0.25, -0.2) is 0 Å². The fourth-order valence-electron chi connectivity index (χ4n) is 7.19. The zero-order valence-corrected chi connectivity index (χ0v) is 33.7. The minimum absolute atomic E-state index is 0.0840. The summed E-state index contributed by atoms with van der Waals surface area (Å²) in [6, 6.07) is 0. The number of carbonyl (C=O) groups excluding carboxylic acids is 3. The van der Waals surface area contributed by atoms with Crippen molar-refractivity contribution in [1.29, 1.82) is 0 Å². The van der Waals surface area contributed by atoms with Crippen molar-refractivity contribution in [3.8, 4) is 0 Å². The summed E-state index contributed by atoms with van der Waals surface area (Å²) in [6.45, 7) is 6.40. The minimum atomic E-state index is -1.04. The summed E-state index contributed by atoms with van der Waals surface area (Å²) in [5, 5.41) is 30.7. The second-order valence-corrected chi connectivity index (χ2v) is 15.8. The van der Waals surface area contributed by atoms with Crippen LogP contribution < -0.4 is 0 Å². The van der Waals surface area contributed by atoms with E-state index >= 15 is 0 Å². The highest BCUT2D eigenvalue weighted by atomic mass is 16.6. The summed E-state index contributed by atoms with van der Waals surface area (Å²) < 4.78 is 10.3. The summed E-state index contributed by atoms with van der Waals surface area (Å²) in [5.74, 6) is -0.210. The lowest BCUT2D eigenvalue weighted by Crippen LogP contribution is -2.25. The van der Waals surface area contributed by atoms with Gasteiger partial charge in [0.2, 0.25) is 0 Å².